The normalized spacial score (nSPS) is 11.0. The minimum absolute atomic E-state index is 0.217. The molecule has 0 bridgehead atoms. The molecule has 1 heterocycles. The fourth-order valence-electron chi connectivity index (χ4n) is 1.46. The maximum absolute atomic E-state index is 12.2. The van der Waals surface area contributed by atoms with Gasteiger partial charge in [0.15, 0.2) is 4.21 Å². The van der Waals surface area contributed by atoms with Crippen molar-refractivity contribution < 1.29 is 8.42 Å². The summed E-state index contributed by atoms with van der Waals surface area (Å²) in [6.07, 6.45) is 0. The summed E-state index contributed by atoms with van der Waals surface area (Å²) in [6.45, 7) is 1.78. The Hall–Kier alpha value is -1.36. The molecule has 0 saturated carbocycles. The van der Waals surface area contributed by atoms with E-state index >= 15 is 0 Å². The van der Waals surface area contributed by atoms with Gasteiger partial charge in [-0.2, -0.15) is 5.26 Å². The van der Waals surface area contributed by atoms with Gasteiger partial charge in [-0.1, -0.05) is 6.07 Å². The molecule has 2 aromatic rings. The predicted octanol–water partition coefficient (Wildman–Crippen LogP) is 3.49. The lowest BCUT2D eigenvalue weighted by molar-refractivity contribution is 0.603. The van der Waals surface area contributed by atoms with Crippen LogP contribution in [0.1, 0.15) is 11.1 Å². The number of nitrogens with one attached hydrogen (secondary N) is 1. The second-order valence-corrected chi connectivity index (χ2v) is 7.45. The maximum Gasteiger partial charge on any atom is 0.272 e. The minimum Gasteiger partial charge on any atom is -0.279 e. The Bertz CT molecular complexity index is 760. The van der Waals surface area contributed by atoms with Crippen LogP contribution in [0.2, 0.25) is 0 Å². The lowest BCUT2D eigenvalue weighted by atomic mass is 10.1. The molecule has 0 radical (unpaired) electrons. The van der Waals surface area contributed by atoms with E-state index in [1.807, 2.05) is 6.07 Å². The molecule has 0 saturated heterocycles. The smallest absolute Gasteiger partial charge is 0.272 e. The van der Waals surface area contributed by atoms with Gasteiger partial charge in [0.1, 0.15) is 0 Å². The highest BCUT2D eigenvalue weighted by molar-refractivity contribution is 9.10. The number of hydrogen-bond acceptors (Lipinski definition) is 4. The van der Waals surface area contributed by atoms with Crippen molar-refractivity contribution in [2.45, 2.75) is 11.1 Å². The summed E-state index contributed by atoms with van der Waals surface area (Å²) < 4.78 is 27.7. The molecule has 0 fully saturated rings. The van der Waals surface area contributed by atoms with Crippen LogP contribution in [0.4, 0.5) is 5.69 Å². The van der Waals surface area contributed by atoms with E-state index in [0.717, 1.165) is 16.9 Å². The Labute approximate surface area is 123 Å². The number of anilines is 1. The van der Waals surface area contributed by atoms with Crippen LogP contribution in [-0.4, -0.2) is 8.42 Å². The average molecular weight is 357 g/mol. The largest absolute Gasteiger partial charge is 0.279 e. The summed E-state index contributed by atoms with van der Waals surface area (Å²) in [4.78, 5) is 0. The molecule has 1 aromatic heterocycles. The highest BCUT2D eigenvalue weighted by Gasteiger charge is 2.20. The fourth-order valence-corrected chi connectivity index (χ4v) is 4.92. The Morgan fingerprint density at radius 2 is 2.11 bits per heavy atom. The Morgan fingerprint density at radius 1 is 1.37 bits per heavy atom. The number of nitrogens with zero attached hydrogens (tertiary/aromatic N) is 1. The fraction of sp³-hybridized carbons (Fsp3) is 0.0833. The predicted molar refractivity (Wildman–Crippen MR) is 78.7 cm³/mol. The highest BCUT2D eigenvalue weighted by Crippen LogP contribution is 2.30. The van der Waals surface area contributed by atoms with Crippen LogP contribution in [0.3, 0.4) is 0 Å². The number of rotatable bonds is 3. The van der Waals surface area contributed by atoms with Crippen LogP contribution in [-0.2, 0) is 10.0 Å². The van der Waals surface area contributed by atoms with Gasteiger partial charge in [-0.25, -0.2) is 8.42 Å². The van der Waals surface area contributed by atoms with Crippen molar-refractivity contribution >= 4 is 43.0 Å². The SMILES string of the molecule is Cc1ccc(C#N)cc1NS(=O)(=O)c1sccc1Br. The molecule has 98 valence electrons. The standard InChI is InChI=1S/C12H9BrN2O2S2/c1-8-2-3-9(7-14)6-11(8)15-19(16,17)12-10(13)4-5-18-12/h2-6,15H,1H3. The third-order valence-corrected chi connectivity index (χ3v) is 6.48. The van der Waals surface area contributed by atoms with Crippen LogP contribution < -0.4 is 4.72 Å². The summed E-state index contributed by atoms with van der Waals surface area (Å²) in [5.41, 5.74) is 1.59. The minimum atomic E-state index is -3.64. The first-order valence-corrected chi connectivity index (χ1v) is 8.36. The summed E-state index contributed by atoms with van der Waals surface area (Å²) in [7, 11) is -3.64. The molecule has 0 amide bonds. The number of hydrogen-bond donors (Lipinski definition) is 1. The van der Waals surface area contributed by atoms with Crippen LogP contribution in [0.15, 0.2) is 38.3 Å². The Balaban J connectivity index is 2.42. The zero-order valence-electron chi connectivity index (χ0n) is 9.84. The average Bonchev–Trinajstić information content (AvgIpc) is 2.79. The number of thiophene rings is 1. The number of nitriles is 1. The van der Waals surface area contributed by atoms with E-state index in [9.17, 15) is 8.42 Å². The van der Waals surface area contributed by atoms with E-state index < -0.39 is 10.0 Å². The van der Waals surface area contributed by atoms with Crippen LogP contribution in [0, 0.1) is 18.3 Å². The lowest BCUT2D eigenvalue weighted by Crippen LogP contribution is -2.13. The van der Waals surface area contributed by atoms with Gasteiger partial charge in [0, 0.05) is 4.47 Å². The monoisotopic (exact) mass is 356 g/mol. The number of halogens is 1. The van der Waals surface area contributed by atoms with Gasteiger partial charge in [-0.15, -0.1) is 11.3 Å². The van der Waals surface area contributed by atoms with Crippen LogP contribution in [0.5, 0.6) is 0 Å². The topological polar surface area (TPSA) is 70.0 Å². The van der Waals surface area contributed by atoms with Crippen molar-refractivity contribution in [3.05, 3.63) is 45.2 Å². The summed E-state index contributed by atoms with van der Waals surface area (Å²) in [6, 6.07) is 8.54. The van der Waals surface area contributed by atoms with E-state index in [0.29, 0.717) is 15.7 Å². The van der Waals surface area contributed by atoms with Gasteiger partial charge in [0.05, 0.1) is 17.3 Å². The van der Waals surface area contributed by atoms with Gasteiger partial charge >= 0.3 is 0 Å². The van der Waals surface area contributed by atoms with E-state index in [-0.39, 0.29) is 4.21 Å². The molecule has 0 aliphatic carbocycles. The van der Waals surface area contributed by atoms with E-state index in [2.05, 4.69) is 20.7 Å². The van der Waals surface area contributed by atoms with Crippen molar-refractivity contribution in [1.82, 2.24) is 0 Å². The molecular formula is C12H9BrN2O2S2. The van der Waals surface area contributed by atoms with Gasteiger partial charge < -0.3 is 0 Å². The molecule has 7 heteroatoms. The zero-order valence-corrected chi connectivity index (χ0v) is 13.1. The summed E-state index contributed by atoms with van der Waals surface area (Å²) in [5.74, 6) is 0. The van der Waals surface area contributed by atoms with Gasteiger partial charge in [-0.05, 0) is 52.0 Å². The van der Waals surface area contributed by atoms with Crippen LogP contribution in [0.25, 0.3) is 0 Å². The molecule has 1 N–H and O–H groups in total. The number of aryl methyl sites for hydroxylation is 1. The molecule has 0 aliphatic rings. The van der Waals surface area contributed by atoms with E-state index in [1.54, 1.807) is 30.5 Å². The summed E-state index contributed by atoms with van der Waals surface area (Å²) in [5, 5.41) is 10.5. The molecule has 2 rings (SSSR count). The second kappa shape index (κ2) is 5.33. The number of sulfonamides is 1. The first-order chi connectivity index (χ1) is 8.94. The third-order valence-electron chi connectivity index (χ3n) is 2.44. The van der Waals surface area contributed by atoms with Crippen molar-refractivity contribution in [3.63, 3.8) is 0 Å². The quantitative estimate of drug-likeness (QED) is 0.914. The van der Waals surface area contributed by atoms with Gasteiger partial charge in [0.25, 0.3) is 10.0 Å². The molecule has 0 atom stereocenters. The first kappa shape index (κ1) is 14.1. The van der Waals surface area contributed by atoms with Gasteiger partial charge in [0.2, 0.25) is 0 Å². The summed E-state index contributed by atoms with van der Waals surface area (Å²) >= 11 is 4.33. The van der Waals surface area contributed by atoms with Gasteiger partial charge in [-0.3, -0.25) is 4.72 Å². The van der Waals surface area contributed by atoms with Crippen molar-refractivity contribution in [3.8, 4) is 6.07 Å². The lowest BCUT2D eigenvalue weighted by Gasteiger charge is -2.10. The Kier molecular flexibility index (Phi) is 3.94. The van der Waals surface area contributed by atoms with Crippen molar-refractivity contribution in [1.29, 1.82) is 5.26 Å². The molecule has 0 unspecified atom stereocenters. The third kappa shape index (κ3) is 2.97. The second-order valence-electron chi connectivity index (χ2n) is 3.80. The number of benzene rings is 1. The maximum atomic E-state index is 12.2. The molecule has 19 heavy (non-hydrogen) atoms. The molecule has 0 spiro atoms. The van der Waals surface area contributed by atoms with E-state index in [4.69, 9.17) is 5.26 Å². The molecule has 0 aliphatic heterocycles. The molecule has 1 aromatic carbocycles. The zero-order chi connectivity index (χ0) is 14.0. The highest BCUT2D eigenvalue weighted by atomic mass is 79.9. The molecular weight excluding hydrogens is 348 g/mol. The molecule has 4 nitrogen and oxygen atoms in total. The van der Waals surface area contributed by atoms with Crippen molar-refractivity contribution in [2.24, 2.45) is 0 Å². The van der Waals surface area contributed by atoms with Crippen LogP contribution >= 0.6 is 27.3 Å². The Morgan fingerprint density at radius 3 is 2.68 bits per heavy atom. The van der Waals surface area contributed by atoms with Crippen molar-refractivity contribution in [2.75, 3.05) is 4.72 Å². The van der Waals surface area contributed by atoms with E-state index in [1.165, 1.54) is 6.07 Å². The first-order valence-electron chi connectivity index (χ1n) is 5.20.